The first-order valence-corrected chi connectivity index (χ1v) is 12.4. The van der Waals surface area contributed by atoms with Crippen LogP contribution in [0.25, 0.3) is 5.78 Å². The van der Waals surface area contributed by atoms with Crippen LogP contribution in [0.4, 0.5) is 11.6 Å². The van der Waals surface area contributed by atoms with Crippen LogP contribution in [0.2, 0.25) is 10.0 Å². The maximum atomic E-state index is 9.23. The number of β-amino-alcohol motifs (C(OH)–C–C–N with tert-alkyl or cyclic N) is 1. The Bertz CT molecular complexity index is 1150. The molecule has 0 unspecified atom stereocenters. The van der Waals surface area contributed by atoms with Crippen LogP contribution in [0, 0.1) is 0 Å². The Balaban J connectivity index is 1.29. The van der Waals surface area contributed by atoms with Crippen LogP contribution in [0.3, 0.4) is 0 Å². The Kier molecular flexibility index (Phi) is 6.81. The molecule has 2 saturated heterocycles. The van der Waals surface area contributed by atoms with Crippen LogP contribution in [-0.2, 0) is 0 Å². The number of anilines is 2. The number of piperazine rings is 1. The molecule has 2 aliphatic rings. The average Bonchev–Trinajstić information content (AvgIpc) is 3.23. The minimum atomic E-state index is -0.0624. The number of aliphatic hydroxyl groups excluding tert-OH is 1. The summed E-state index contributed by atoms with van der Waals surface area (Å²) in [6.07, 6.45) is 1.52. The van der Waals surface area contributed by atoms with Gasteiger partial charge in [0, 0.05) is 67.5 Å². The molecule has 0 spiro atoms. The Morgan fingerprint density at radius 1 is 1.18 bits per heavy atom. The molecule has 182 valence electrons. The molecule has 2 fully saturated rings. The third-order valence-electron chi connectivity index (χ3n) is 6.87. The quantitative estimate of drug-likeness (QED) is 0.507. The van der Waals surface area contributed by atoms with Gasteiger partial charge in [-0.05, 0) is 31.5 Å². The summed E-state index contributed by atoms with van der Waals surface area (Å²) in [5, 5.41) is 18.3. The molecule has 0 aliphatic carbocycles. The summed E-state index contributed by atoms with van der Waals surface area (Å²) >= 11 is 12.5. The number of halogens is 2. The molecule has 0 radical (unpaired) electrons. The normalized spacial score (nSPS) is 21.1. The van der Waals surface area contributed by atoms with Crippen LogP contribution in [0.5, 0.6) is 0 Å². The number of benzene rings is 1. The van der Waals surface area contributed by atoms with Gasteiger partial charge in [0.1, 0.15) is 18.0 Å². The lowest BCUT2D eigenvalue weighted by Gasteiger charge is -2.51. The number of hydrogen-bond donors (Lipinski definition) is 2. The molecule has 3 aromatic rings. The standard InChI is InChI=1S/C23H30Cl2N8O/c1-15-11-30(7-8-34)5-6-32(15)18-12-31(13-18)21-10-22(33-23(29-21)26-14-27-33)28-16(2)19-4-3-17(24)9-20(19)25/h3-4,9-10,14-16,18,28,34H,5-8,11-13H2,1-2H3/t15-,16-/m1/s1. The molecule has 0 saturated carbocycles. The van der Waals surface area contributed by atoms with E-state index < -0.39 is 0 Å². The zero-order valence-electron chi connectivity index (χ0n) is 19.4. The Labute approximate surface area is 209 Å². The number of aromatic nitrogens is 4. The van der Waals surface area contributed by atoms with Gasteiger partial charge < -0.3 is 15.3 Å². The fourth-order valence-electron chi connectivity index (χ4n) is 5.00. The highest BCUT2D eigenvalue weighted by Crippen LogP contribution is 2.31. The van der Waals surface area contributed by atoms with Gasteiger partial charge in [-0.3, -0.25) is 9.80 Å². The van der Waals surface area contributed by atoms with E-state index in [4.69, 9.17) is 28.2 Å². The number of nitrogens with zero attached hydrogens (tertiary/aromatic N) is 7. The van der Waals surface area contributed by atoms with E-state index >= 15 is 0 Å². The molecule has 34 heavy (non-hydrogen) atoms. The number of nitrogens with one attached hydrogen (secondary N) is 1. The van der Waals surface area contributed by atoms with Crippen molar-refractivity contribution in [1.29, 1.82) is 0 Å². The molecule has 2 aromatic heterocycles. The summed E-state index contributed by atoms with van der Waals surface area (Å²) in [6.45, 7) is 10.2. The number of aliphatic hydroxyl groups is 1. The van der Waals surface area contributed by atoms with Gasteiger partial charge in [-0.15, -0.1) is 0 Å². The summed E-state index contributed by atoms with van der Waals surface area (Å²) in [5.41, 5.74) is 0.955. The van der Waals surface area contributed by atoms with Crippen LogP contribution >= 0.6 is 23.2 Å². The van der Waals surface area contributed by atoms with Crippen molar-refractivity contribution in [3.8, 4) is 0 Å². The molecule has 0 bridgehead atoms. The van der Waals surface area contributed by atoms with Crippen LogP contribution in [-0.4, -0.2) is 92.4 Å². The van der Waals surface area contributed by atoms with E-state index in [-0.39, 0.29) is 12.6 Å². The first-order valence-electron chi connectivity index (χ1n) is 11.7. The van der Waals surface area contributed by atoms with Crippen molar-refractivity contribution >= 4 is 40.6 Å². The van der Waals surface area contributed by atoms with Gasteiger partial charge in [-0.2, -0.15) is 19.6 Å². The molecule has 2 aliphatic heterocycles. The maximum Gasteiger partial charge on any atom is 0.256 e. The van der Waals surface area contributed by atoms with Crippen molar-refractivity contribution < 1.29 is 5.11 Å². The third kappa shape index (κ3) is 4.67. The molecule has 0 amide bonds. The lowest BCUT2D eigenvalue weighted by Crippen LogP contribution is -2.66. The van der Waals surface area contributed by atoms with Gasteiger partial charge in [0.15, 0.2) is 0 Å². The highest BCUT2D eigenvalue weighted by Gasteiger charge is 2.37. The van der Waals surface area contributed by atoms with E-state index in [1.54, 1.807) is 10.6 Å². The molecular formula is C23H30Cl2N8O. The fourth-order valence-corrected chi connectivity index (χ4v) is 5.58. The second kappa shape index (κ2) is 9.83. The smallest absolute Gasteiger partial charge is 0.256 e. The fraction of sp³-hybridized carbons (Fsp3) is 0.522. The predicted octanol–water partition coefficient (Wildman–Crippen LogP) is 2.79. The molecule has 2 atom stereocenters. The van der Waals surface area contributed by atoms with E-state index in [0.29, 0.717) is 27.9 Å². The summed E-state index contributed by atoms with van der Waals surface area (Å²) in [7, 11) is 0. The van der Waals surface area contributed by atoms with E-state index in [9.17, 15) is 5.11 Å². The SMILES string of the molecule is C[C@@H]1CN(CCO)CCN1C1CN(c2cc(N[C@H](C)c3ccc(Cl)cc3Cl)n3ncnc3n2)C1. The largest absolute Gasteiger partial charge is 0.395 e. The first-order chi connectivity index (χ1) is 16.4. The van der Waals surface area contributed by atoms with Crippen molar-refractivity contribution in [3.63, 3.8) is 0 Å². The van der Waals surface area contributed by atoms with Crippen LogP contribution in [0.15, 0.2) is 30.6 Å². The van der Waals surface area contributed by atoms with Crippen LogP contribution in [0.1, 0.15) is 25.5 Å². The molecule has 1 aromatic carbocycles. The minimum absolute atomic E-state index is 0.0624. The van der Waals surface area contributed by atoms with E-state index in [1.807, 2.05) is 18.2 Å². The second-order valence-electron chi connectivity index (χ2n) is 9.17. The van der Waals surface area contributed by atoms with Crippen LogP contribution < -0.4 is 10.2 Å². The number of hydrogen-bond acceptors (Lipinski definition) is 8. The van der Waals surface area contributed by atoms with Crippen molar-refractivity contribution in [3.05, 3.63) is 46.2 Å². The summed E-state index contributed by atoms with van der Waals surface area (Å²) in [6, 6.07) is 8.48. The maximum absolute atomic E-state index is 9.23. The average molecular weight is 505 g/mol. The Morgan fingerprint density at radius 2 is 2.00 bits per heavy atom. The van der Waals surface area contributed by atoms with E-state index in [2.05, 4.69) is 43.9 Å². The van der Waals surface area contributed by atoms with E-state index in [1.165, 1.54) is 6.33 Å². The molecule has 2 N–H and O–H groups in total. The van der Waals surface area contributed by atoms with E-state index in [0.717, 1.165) is 56.5 Å². The zero-order chi connectivity index (χ0) is 23.8. The molecular weight excluding hydrogens is 475 g/mol. The molecule has 5 rings (SSSR count). The Hall–Kier alpha value is -2.17. The van der Waals surface area contributed by atoms with Gasteiger partial charge in [0.25, 0.3) is 5.78 Å². The van der Waals surface area contributed by atoms with Gasteiger partial charge in [-0.1, -0.05) is 29.3 Å². The number of rotatable bonds is 7. The van der Waals surface area contributed by atoms with Gasteiger partial charge in [0.2, 0.25) is 0 Å². The second-order valence-corrected chi connectivity index (χ2v) is 10.0. The number of fused-ring (bicyclic) bond motifs is 1. The van der Waals surface area contributed by atoms with Crippen molar-refractivity contribution in [2.24, 2.45) is 0 Å². The topological polar surface area (TPSA) is 85.1 Å². The summed E-state index contributed by atoms with van der Waals surface area (Å²) < 4.78 is 1.71. The first kappa shape index (κ1) is 23.6. The highest BCUT2D eigenvalue weighted by atomic mass is 35.5. The van der Waals surface area contributed by atoms with Gasteiger partial charge >= 0.3 is 0 Å². The van der Waals surface area contributed by atoms with Crippen molar-refractivity contribution in [2.45, 2.75) is 32.0 Å². The van der Waals surface area contributed by atoms with Crippen molar-refractivity contribution in [2.75, 3.05) is 56.1 Å². The Morgan fingerprint density at radius 3 is 2.74 bits per heavy atom. The predicted molar refractivity (Wildman–Crippen MR) is 135 cm³/mol. The van der Waals surface area contributed by atoms with Gasteiger partial charge in [-0.25, -0.2) is 0 Å². The highest BCUT2D eigenvalue weighted by molar-refractivity contribution is 6.35. The molecule has 4 heterocycles. The molecule has 9 nitrogen and oxygen atoms in total. The summed E-state index contributed by atoms with van der Waals surface area (Å²) in [4.78, 5) is 16.3. The minimum Gasteiger partial charge on any atom is -0.395 e. The molecule has 11 heteroatoms. The zero-order valence-corrected chi connectivity index (χ0v) is 20.9. The monoisotopic (exact) mass is 504 g/mol. The van der Waals surface area contributed by atoms with Crippen molar-refractivity contribution in [1.82, 2.24) is 29.4 Å². The lowest BCUT2D eigenvalue weighted by atomic mass is 10.0. The van der Waals surface area contributed by atoms with Gasteiger partial charge in [0.05, 0.1) is 12.6 Å². The lowest BCUT2D eigenvalue weighted by molar-refractivity contribution is 0.0319. The third-order valence-corrected chi connectivity index (χ3v) is 7.43. The summed E-state index contributed by atoms with van der Waals surface area (Å²) in [5.74, 6) is 2.26.